The van der Waals surface area contributed by atoms with E-state index in [1.807, 2.05) is 0 Å². The fraction of sp³-hybridized carbons (Fsp3) is 0.500. The Bertz CT molecular complexity index is 732. The van der Waals surface area contributed by atoms with Crippen molar-refractivity contribution in [1.82, 2.24) is 10.0 Å². The van der Waals surface area contributed by atoms with E-state index < -0.39 is 36.6 Å². The van der Waals surface area contributed by atoms with Gasteiger partial charge in [0.1, 0.15) is 10.7 Å². The van der Waals surface area contributed by atoms with Crippen molar-refractivity contribution in [2.45, 2.75) is 23.9 Å². The number of rotatable bonds is 5. The van der Waals surface area contributed by atoms with E-state index in [1.165, 1.54) is 12.1 Å². The van der Waals surface area contributed by atoms with Crippen LogP contribution in [0.5, 0.6) is 0 Å². The molecule has 9 heteroatoms. The monoisotopic (exact) mass is 336 g/mol. The lowest BCUT2D eigenvalue weighted by Gasteiger charge is -2.13. The minimum Gasteiger partial charge on any atom is -0.316 e. The molecule has 0 amide bonds. The lowest BCUT2D eigenvalue weighted by molar-refractivity contribution is 0.543. The third-order valence-corrected chi connectivity index (χ3v) is 6.52. The Kier molecular flexibility index (Phi) is 4.66. The average Bonchev–Trinajstić information content (AvgIpc) is 2.70. The van der Waals surface area contributed by atoms with Crippen molar-refractivity contribution in [3.05, 3.63) is 29.6 Å². The van der Waals surface area contributed by atoms with E-state index in [4.69, 9.17) is 0 Å². The molecule has 0 radical (unpaired) electrons. The van der Waals surface area contributed by atoms with Crippen molar-refractivity contribution in [3.8, 4) is 0 Å². The van der Waals surface area contributed by atoms with Gasteiger partial charge in [0, 0.05) is 12.6 Å². The molecule has 1 aliphatic rings. The summed E-state index contributed by atoms with van der Waals surface area (Å²) in [7, 11) is -5.60. The Balaban J connectivity index is 2.25. The fourth-order valence-electron chi connectivity index (χ4n) is 2.24. The van der Waals surface area contributed by atoms with E-state index in [1.54, 1.807) is 7.05 Å². The quantitative estimate of drug-likeness (QED) is 0.790. The number of hydrogen-bond acceptors (Lipinski definition) is 5. The minimum atomic E-state index is -4.08. The molecule has 0 bridgehead atoms. The highest BCUT2D eigenvalue weighted by Gasteiger charge is 2.32. The molecule has 1 fully saturated rings. The number of halogens is 1. The highest BCUT2D eigenvalue weighted by Crippen LogP contribution is 2.19. The van der Waals surface area contributed by atoms with Gasteiger partial charge < -0.3 is 5.32 Å². The van der Waals surface area contributed by atoms with Crippen molar-refractivity contribution in [2.75, 3.05) is 18.6 Å². The van der Waals surface area contributed by atoms with Crippen molar-refractivity contribution in [3.63, 3.8) is 0 Å². The summed E-state index contributed by atoms with van der Waals surface area (Å²) in [5.74, 6) is -1.16. The van der Waals surface area contributed by atoms with Gasteiger partial charge in [-0.25, -0.2) is 25.9 Å². The van der Waals surface area contributed by atoms with Crippen LogP contribution in [0.25, 0.3) is 0 Å². The topological polar surface area (TPSA) is 92.3 Å². The first-order valence-corrected chi connectivity index (χ1v) is 9.70. The van der Waals surface area contributed by atoms with Crippen LogP contribution < -0.4 is 10.0 Å². The number of sulfonamides is 1. The first kappa shape index (κ1) is 16.3. The Morgan fingerprint density at radius 2 is 2.10 bits per heavy atom. The second-order valence-electron chi connectivity index (χ2n) is 5.02. The van der Waals surface area contributed by atoms with Crippen LogP contribution in [0, 0.1) is 5.82 Å². The van der Waals surface area contributed by atoms with Gasteiger partial charge >= 0.3 is 0 Å². The van der Waals surface area contributed by atoms with E-state index in [0.717, 1.165) is 6.07 Å². The summed E-state index contributed by atoms with van der Waals surface area (Å²) in [6, 6.07) is 3.13. The molecule has 1 aliphatic heterocycles. The van der Waals surface area contributed by atoms with Gasteiger partial charge in [-0.3, -0.25) is 0 Å². The zero-order valence-electron chi connectivity index (χ0n) is 11.5. The van der Waals surface area contributed by atoms with Crippen LogP contribution in [-0.4, -0.2) is 41.4 Å². The average molecular weight is 336 g/mol. The Hall–Kier alpha value is -1.03. The molecule has 21 heavy (non-hydrogen) atoms. The molecule has 1 aromatic rings. The molecule has 1 unspecified atom stereocenters. The zero-order chi connectivity index (χ0) is 15.7. The van der Waals surface area contributed by atoms with Gasteiger partial charge in [-0.05, 0) is 31.2 Å². The summed E-state index contributed by atoms with van der Waals surface area (Å²) >= 11 is 0. The summed E-state index contributed by atoms with van der Waals surface area (Å²) < 4.78 is 63.2. The van der Waals surface area contributed by atoms with E-state index in [0.29, 0.717) is 12.1 Å². The number of hydrogen-bond donors (Lipinski definition) is 2. The third-order valence-electron chi connectivity index (χ3n) is 3.22. The van der Waals surface area contributed by atoms with Crippen molar-refractivity contribution in [1.29, 1.82) is 0 Å². The van der Waals surface area contributed by atoms with Gasteiger partial charge in [-0.2, -0.15) is 0 Å². The lowest BCUT2D eigenvalue weighted by Crippen LogP contribution is -2.36. The van der Waals surface area contributed by atoms with Crippen LogP contribution in [0.4, 0.5) is 4.39 Å². The Morgan fingerprint density at radius 3 is 2.67 bits per heavy atom. The largest absolute Gasteiger partial charge is 0.316 e. The highest BCUT2D eigenvalue weighted by atomic mass is 32.2. The molecule has 0 saturated carbocycles. The van der Waals surface area contributed by atoms with Crippen molar-refractivity contribution < 1.29 is 21.2 Å². The smallest absolute Gasteiger partial charge is 0.243 e. The van der Waals surface area contributed by atoms with Gasteiger partial charge in [0.25, 0.3) is 0 Å². The molecule has 1 atom stereocenters. The van der Waals surface area contributed by atoms with Crippen LogP contribution in [0.2, 0.25) is 0 Å². The summed E-state index contributed by atoms with van der Waals surface area (Å²) in [6.45, 7) is 0.403. The number of benzene rings is 1. The maximum Gasteiger partial charge on any atom is 0.243 e. The second-order valence-corrected chi connectivity index (χ2v) is 8.93. The normalized spacial score (nSPS) is 21.5. The molecule has 2 N–H and O–H groups in total. The molecule has 6 nitrogen and oxygen atoms in total. The van der Waals surface area contributed by atoms with Gasteiger partial charge in [-0.1, -0.05) is 6.07 Å². The van der Waals surface area contributed by atoms with Crippen LogP contribution in [0.1, 0.15) is 12.0 Å². The van der Waals surface area contributed by atoms with Gasteiger partial charge in [0.15, 0.2) is 9.84 Å². The maximum atomic E-state index is 13.8. The summed E-state index contributed by atoms with van der Waals surface area (Å²) in [5, 5.41) is 2.85. The van der Waals surface area contributed by atoms with Gasteiger partial charge in [0.2, 0.25) is 10.0 Å². The fourth-order valence-corrected chi connectivity index (χ4v) is 5.42. The van der Waals surface area contributed by atoms with Gasteiger partial charge in [-0.15, -0.1) is 0 Å². The van der Waals surface area contributed by atoms with Crippen molar-refractivity contribution in [2.24, 2.45) is 0 Å². The molecular formula is C12H17FN2O4S2. The highest BCUT2D eigenvalue weighted by molar-refractivity contribution is 7.92. The Morgan fingerprint density at radius 1 is 1.38 bits per heavy atom. The summed E-state index contributed by atoms with van der Waals surface area (Å²) in [6.07, 6.45) is 0.208. The first-order valence-electron chi connectivity index (χ1n) is 6.39. The molecule has 0 aromatic heterocycles. The molecule has 0 spiro atoms. The number of nitrogens with one attached hydrogen (secondary N) is 2. The van der Waals surface area contributed by atoms with E-state index >= 15 is 0 Å². The molecule has 2 rings (SSSR count). The van der Waals surface area contributed by atoms with Crippen molar-refractivity contribution >= 4 is 19.9 Å². The van der Waals surface area contributed by atoms with Crippen LogP contribution in [-0.2, 0) is 26.4 Å². The Labute approximate surface area is 123 Å². The van der Waals surface area contributed by atoms with Gasteiger partial charge in [0.05, 0.1) is 11.5 Å². The first-order chi connectivity index (χ1) is 9.73. The molecule has 1 saturated heterocycles. The molecule has 0 aliphatic carbocycles. The molecular weight excluding hydrogens is 319 g/mol. The SMILES string of the molecule is CNCc1ccc(F)c(S(=O)(=O)NC2CCS(=O)(=O)C2)c1. The summed E-state index contributed by atoms with van der Waals surface area (Å²) in [5.41, 5.74) is 0.623. The zero-order valence-corrected chi connectivity index (χ0v) is 13.1. The minimum absolute atomic E-state index is 0.0531. The van der Waals surface area contributed by atoms with Crippen LogP contribution >= 0.6 is 0 Å². The molecule has 1 heterocycles. The standard InChI is InChI=1S/C12H17FN2O4S2/c1-14-7-9-2-3-11(13)12(6-9)21(18,19)15-10-4-5-20(16,17)8-10/h2-3,6,10,14-15H,4-5,7-8H2,1H3. The lowest BCUT2D eigenvalue weighted by atomic mass is 10.2. The van der Waals surface area contributed by atoms with Crippen LogP contribution in [0.15, 0.2) is 23.1 Å². The van der Waals surface area contributed by atoms with E-state index in [-0.39, 0.29) is 17.9 Å². The second kappa shape index (κ2) is 5.99. The predicted octanol–water partition coefficient (Wildman–Crippen LogP) is 0.0105. The summed E-state index contributed by atoms with van der Waals surface area (Å²) in [4.78, 5) is -0.459. The molecule has 118 valence electrons. The van der Waals surface area contributed by atoms with E-state index in [2.05, 4.69) is 10.0 Å². The molecule has 1 aromatic carbocycles. The predicted molar refractivity (Wildman–Crippen MR) is 76.5 cm³/mol. The van der Waals surface area contributed by atoms with E-state index in [9.17, 15) is 21.2 Å². The number of sulfone groups is 1. The third kappa shape index (κ3) is 4.00. The van der Waals surface area contributed by atoms with Crippen LogP contribution in [0.3, 0.4) is 0 Å². The maximum absolute atomic E-state index is 13.8.